The van der Waals surface area contributed by atoms with Crippen LogP contribution in [0.15, 0.2) is 12.1 Å². The Hall–Kier alpha value is -1.86. The van der Waals surface area contributed by atoms with E-state index >= 15 is 0 Å². The first-order chi connectivity index (χ1) is 10.4. The van der Waals surface area contributed by atoms with Crippen molar-refractivity contribution < 1.29 is 9.72 Å². The number of nitro benzene ring substituents is 1. The second-order valence-electron chi connectivity index (χ2n) is 5.80. The molecule has 23 heavy (non-hydrogen) atoms. The Kier molecular flexibility index (Phi) is 6.78. The molecule has 1 aliphatic heterocycles. The van der Waals surface area contributed by atoms with Gasteiger partial charge in [-0.05, 0) is 50.9 Å². The summed E-state index contributed by atoms with van der Waals surface area (Å²) in [5.41, 5.74) is 6.49. The van der Waals surface area contributed by atoms with Gasteiger partial charge in [-0.3, -0.25) is 14.9 Å². The second-order valence-corrected chi connectivity index (χ2v) is 5.80. The number of likely N-dealkylation sites (tertiary alicyclic amines) is 1. The zero-order valence-electron chi connectivity index (χ0n) is 13.4. The van der Waals surface area contributed by atoms with Gasteiger partial charge in [0.1, 0.15) is 5.69 Å². The van der Waals surface area contributed by atoms with E-state index in [4.69, 9.17) is 5.73 Å². The van der Waals surface area contributed by atoms with Gasteiger partial charge >= 0.3 is 0 Å². The minimum atomic E-state index is -0.543. The zero-order valence-corrected chi connectivity index (χ0v) is 14.2. The number of anilines is 1. The van der Waals surface area contributed by atoms with Crippen LogP contribution in [-0.2, 0) is 0 Å². The second kappa shape index (κ2) is 8.12. The molecule has 0 atom stereocenters. The van der Waals surface area contributed by atoms with Crippen LogP contribution in [0.5, 0.6) is 0 Å². The predicted octanol–water partition coefficient (Wildman–Crippen LogP) is 1.98. The number of nitrogen functional groups attached to an aromatic ring is 1. The molecule has 3 N–H and O–H groups in total. The molecule has 1 amide bonds. The van der Waals surface area contributed by atoms with Gasteiger partial charge in [-0.15, -0.1) is 12.4 Å². The molecule has 1 aromatic carbocycles. The van der Waals surface area contributed by atoms with Crippen molar-refractivity contribution in [1.82, 2.24) is 10.2 Å². The number of rotatable bonds is 4. The Morgan fingerprint density at radius 1 is 1.43 bits per heavy atom. The Morgan fingerprint density at radius 2 is 2.04 bits per heavy atom. The quantitative estimate of drug-likeness (QED) is 0.495. The molecule has 0 radical (unpaired) electrons. The summed E-state index contributed by atoms with van der Waals surface area (Å²) in [6, 6.07) is 3.02. The average molecular weight is 343 g/mol. The van der Waals surface area contributed by atoms with Crippen molar-refractivity contribution >= 4 is 29.7 Å². The fraction of sp³-hybridized carbons (Fsp3) is 0.533. The van der Waals surface area contributed by atoms with Gasteiger partial charge in [0.2, 0.25) is 0 Å². The highest BCUT2D eigenvalue weighted by molar-refractivity contribution is 6.01. The van der Waals surface area contributed by atoms with Crippen molar-refractivity contribution in [3.63, 3.8) is 0 Å². The van der Waals surface area contributed by atoms with E-state index < -0.39 is 4.92 Å². The smallest absolute Gasteiger partial charge is 0.293 e. The highest BCUT2D eigenvalue weighted by atomic mass is 35.5. The van der Waals surface area contributed by atoms with Crippen LogP contribution in [-0.4, -0.2) is 42.4 Å². The molecule has 1 saturated heterocycles. The molecule has 1 fully saturated rings. The lowest BCUT2D eigenvalue weighted by Crippen LogP contribution is -2.40. The van der Waals surface area contributed by atoms with E-state index in [9.17, 15) is 14.9 Å². The summed E-state index contributed by atoms with van der Waals surface area (Å²) in [5.74, 6) is 0.352. The molecular formula is C15H23ClN4O3. The van der Waals surface area contributed by atoms with E-state index in [-0.39, 0.29) is 35.3 Å². The molecule has 0 aromatic heterocycles. The number of nitro groups is 1. The number of nitrogens with zero attached hydrogens (tertiary/aromatic N) is 2. The fourth-order valence-electron chi connectivity index (χ4n) is 2.91. The number of halogens is 1. The van der Waals surface area contributed by atoms with Crippen molar-refractivity contribution in [2.24, 2.45) is 5.92 Å². The third-order valence-corrected chi connectivity index (χ3v) is 4.12. The summed E-state index contributed by atoms with van der Waals surface area (Å²) in [5, 5.41) is 14.2. The first-order valence-electron chi connectivity index (χ1n) is 7.42. The Bertz CT molecular complexity index is 586. The van der Waals surface area contributed by atoms with Gasteiger partial charge in [-0.1, -0.05) is 0 Å². The molecular weight excluding hydrogens is 320 g/mol. The number of hydrogen-bond acceptors (Lipinski definition) is 5. The molecule has 1 heterocycles. The number of nitrogens with one attached hydrogen (secondary N) is 1. The standard InChI is InChI=1S/C15H22N4O3.ClH/c1-10-7-12(14(16)13(8-10)19(21)22)15(20)18-5-3-11(4-6-18)9-17-2;/h7-8,11,17H,3-6,9,16H2,1-2H3;1H. The van der Waals surface area contributed by atoms with Crippen LogP contribution in [0.1, 0.15) is 28.8 Å². The van der Waals surface area contributed by atoms with Crippen LogP contribution in [0.4, 0.5) is 11.4 Å². The number of aryl methyl sites for hydroxylation is 1. The minimum Gasteiger partial charge on any atom is -0.393 e. The summed E-state index contributed by atoms with van der Waals surface area (Å²) in [6.45, 7) is 3.99. The van der Waals surface area contributed by atoms with Crippen LogP contribution in [0.3, 0.4) is 0 Å². The van der Waals surface area contributed by atoms with E-state index in [1.165, 1.54) is 6.07 Å². The van der Waals surface area contributed by atoms with Gasteiger partial charge in [-0.25, -0.2) is 0 Å². The minimum absolute atomic E-state index is 0. The zero-order chi connectivity index (χ0) is 16.3. The SMILES string of the molecule is CNCC1CCN(C(=O)c2cc(C)cc([N+](=O)[O-])c2N)CC1.Cl. The summed E-state index contributed by atoms with van der Waals surface area (Å²) in [4.78, 5) is 24.8. The summed E-state index contributed by atoms with van der Waals surface area (Å²) < 4.78 is 0. The molecule has 1 aromatic rings. The van der Waals surface area contributed by atoms with Gasteiger partial charge < -0.3 is 16.0 Å². The summed E-state index contributed by atoms with van der Waals surface area (Å²) in [6.07, 6.45) is 1.86. The Balaban J connectivity index is 0.00000264. The average Bonchev–Trinajstić information content (AvgIpc) is 2.49. The van der Waals surface area contributed by atoms with Crippen LogP contribution in [0, 0.1) is 23.0 Å². The molecule has 0 bridgehead atoms. The molecule has 2 rings (SSSR count). The van der Waals surface area contributed by atoms with Crippen LogP contribution >= 0.6 is 12.4 Å². The van der Waals surface area contributed by atoms with Gasteiger partial charge in [0.05, 0.1) is 10.5 Å². The van der Waals surface area contributed by atoms with E-state index in [1.807, 2.05) is 7.05 Å². The number of carbonyl (C=O) groups excluding carboxylic acids is 1. The fourth-order valence-corrected chi connectivity index (χ4v) is 2.91. The largest absolute Gasteiger partial charge is 0.393 e. The summed E-state index contributed by atoms with van der Waals surface area (Å²) >= 11 is 0. The highest BCUT2D eigenvalue weighted by Gasteiger charge is 2.27. The number of carbonyl (C=O) groups is 1. The van der Waals surface area contributed by atoms with Gasteiger partial charge in [0.15, 0.2) is 0 Å². The molecule has 7 nitrogen and oxygen atoms in total. The molecule has 0 spiro atoms. The van der Waals surface area contributed by atoms with E-state index in [0.717, 1.165) is 19.4 Å². The van der Waals surface area contributed by atoms with Crippen molar-refractivity contribution in [2.45, 2.75) is 19.8 Å². The molecule has 0 aliphatic carbocycles. The normalized spacial score (nSPS) is 15.1. The number of hydrogen-bond donors (Lipinski definition) is 2. The molecule has 1 aliphatic rings. The van der Waals surface area contributed by atoms with Crippen LogP contribution in [0.2, 0.25) is 0 Å². The lowest BCUT2D eigenvalue weighted by Gasteiger charge is -2.32. The maximum absolute atomic E-state index is 12.6. The van der Waals surface area contributed by atoms with Crippen molar-refractivity contribution in [3.8, 4) is 0 Å². The van der Waals surface area contributed by atoms with Crippen LogP contribution in [0.25, 0.3) is 0 Å². The Morgan fingerprint density at radius 3 is 2.57 bits per heavy atom. The van der Waals surface area contributed by atoms with Crippen molar-refractivity contribution in [1.29, 1.82) is 0 Å². The number of benzene rings is 1. The molecule has 8 heteroatoms. The van der Waals surface area contributed by atoms with Gasteiger partial charge in [-0.2, -0.15) is 0 Å². The van der Waals surface area contributed by atoms with Crippen LogP contribution < -0.4 is 11.1 Å². The first kappa shape index (κ1) is 19.2. The van der Waals surface area contributed by atoms with E-state index in [1.54, 1.807) is 17.9 Å². The number of piperidine rings is 1. The molecule has 0 unspecified atom stereocenters. The van der Waals surface area contributed by atoms with Gasteiger partial charge in [0, 0.05) is 19.2 Å². The van der Waals surface area contributed by atoms with Gasteiger partial charge in [0.25, 0.3) is 11.6 Å². The maximum atomic E-state index is 12.6. The topological polar surface area (TPSA) is 102 Å². The van der Waals surface area contributed by atoms with E-state index in [2.05, 4.69) is 5.32 Å². The lowest BCUT2D eigenvalue weighted by atomic mass is 9.96. The maximum Gasteiger partial charge on any atom is 0.293 e. The van der Waals surface area contributed by atoms with E-state index in [0.29, 0.717) is 24.6 Å². The third-order valence-electron chi connectivity index (χ3n) is 4.12. The summed E-state index contributed by atoms with van der Waals surface area (Å²) in [7, 11) is 1.92. The highest BCUT2D eigenvalue weighted by Crippen LogP contribution is 2.29. The lowest BCUT2D eigenvalue weighted by molar-refractivity contribution is -0.384. The third kappa shape index (κ3) is 4.33. The number of amides is 1. The van der Waals surface area contributed by atoms with Crippen molar-refractivity contribution in [3.05, 3.63) is 33.4 Å². The van der Waals surface area contributed by atoms with Crippen molar-refractivity contribution in [2.75, 3.05) is 32.4 Å². The monoisotopic (exact) mass is 342 g/mol. The first-order valence-corrected chi connectivity index (χ1v) is 7.42. The Labute approximate surface area is 141 Å². The number of nitrogens with two attached hydrogens (primary N) is 1. The predicted molar refractivity (Wildman–Crippen MR) is 92.0 cm³/mol. The molecule has 0 saturated carbocycles. The molecule has 128 valence electrons.